The fourth-order valence-electron chi connectivity index (χ4n) is 2.42. The summed E-state index contributed by atoms with van der Waals surface area (Å²) in [6, 6.07) is 15.5. The van der Waals surface area contributed by atoms with Crippen molar-refractivity contribution < 1.29 is 9.53 Å². The number of benzene rings is 2. The van der Waals surface area contributed by atoms with Gasteiger partial charge in [0.05, 0.1) is 7.11 Å². The average Bonchev–Trinajstić information content (AvgIpc) is 2.61. The van der Waals surface area contributed by atoms with Crippen molar-refractivity contribution in [3.8, 4) is 5.75 Å². The van der Waals surface area contributed by atoms with Gasteiger partial charge in [-0.05, 0) is 48.2 Å². The molecule has 0 unspecified atom stereocenters. The Bertz CT molecular complexity index is 621. The number of nitrogens with zero attached hydrogens (tertiary/aromatic N) is 1. The molecule has 4 nitrogen and oxygen atoms in total. The van der Waals surface area contributed by atoms with E-state index < -0.39 is 0 Å². The smallest absolute Gasteiger partial charge is 0.253 e. The Hall–Kier alpha value is -2.33. The highest BCUT2D eigenvalue weighted by atomic mass is 16.5. The van der Waals surface area contributed by atoms with Crippen LogP contribution in [0.4, 0.5) is 0 Å². The lowest BCUT2D eigenvalue weighted by atomic mass is 10.1. The molecule has 0 spiro atoms. The zero-order valence-corrected chi connectivity index (χ0v) is 13.8. The van der Waals surface area contributed by atoms with E-state index in [0.717, 1.165) is 30.7 Å². The zero-order valence-electron chi connectivity index (χ0n) is 13.8. The third-order valence-corrected chi connectivity index (χ3v) is 3.90. The van der Waals surface area contributed by atoms with Crippen LogP contribution in [0.2, 0.25) is 0 Å². The maximum absolute atomic E-state index is 12.3. The molecular weight excluding hydrogens is 288 g/mol. The molecule has 2 aromatic rings. The van der Waals surface area contributed by atoms with E-state index in [-0.39, 0.29) is 5.91 Å². The van der Waals surface area contributed by atoms with Crippen LogP contribution in [-0.2, 0) is 13.0 Å². The number of hydrogen-bond acceptors (Lipinski definition) is 3. The van der Waals surface area contributed by atoms with Gasteiger partial charge in [-0.1, -0.05) is 24.3 Å². The Morgan fingerprint density at radius 2 is 1.65 bits per heavy atom. The summed E-state index contributed by atoms with van der Waals surface area (Å²) < 4.78 is 5.15. The molecule has 0 atom stereocenters. The van der Waals surface area contributed by atoms with Gasteiger partial charge in [-0.3, -0.25) is 4.79 Å². The van der Waals surface area contributed by atoms with Crippen molar-refractivity contribution in [2.24, 2.45) is 5.73 Å². The molecule has 0 radical (unpaired) electrons. The normalized spacial score (nSPS) is 10.4. The van der Waals surface area contributed by atoms with Crippen LogP contribution in [0, 0.1) is 0 Å². The van der Waals surface area contributed by atoms with Crippen molar-refractivity contribution in [3.05, 3.63) is 65.2 Å². The number of carbonyl (C=O) groups is 1. The van der Waals surface area contributed by atoms with E-state index >= 15 is 0 Å². The van der Waals surface area contributed by atoms with E-state index in [1.54, 1.807) is 12.0 Å². The summed E-state index contributed by atoms with van der Waals surface area (Å²) in [6.45, 7) is 1.22. The second-order valence-corrected chi connectivity index (χ2v) is 5.58. The van der Waals surface area contributed by atoms with Crippen molar-refractivity contribution >= 4 is 5.91 Å². The van der Waals surface area contributed by atoms with E-state index in [0.29, 0.717) is 12.1 Å². The standard InChI is InChI=1S/C19H24N2O2/c1-21(19(22)17-9-5-16(14-20)6-10-17)13-3-4-15-7-11-18(23-2)12-8-15/h5-12H,3-4,13-14,20H2,1-2H3. The summed E-state index contributed by atoms with van der Waals surface area (Å²) in [5, 5.41) is 0. The van der Waals surface area contributed by atoms with Crippen LogP contribution in [0.1, 0.15) is 27.9 Å². The zero-order chi connectivity index (χ0) is 16.7. The molecule has 0 saturated carbocycles. The predicted octanol–water partition coefficient (Wildman–Crippen LogP) is 2.86. The molecule has 0 aliphatic carbocycles. The second-order valence-electron chi connectivity index (χ2n) is 5.58. The first-order valence-corrected chi connectivity index (χ1v) is 7.81. The molecule has 0 aliphatic rings. The molecule has 0 heterocycles. The first-order valence-electron chi connectivity index (χ1n) is 7.81. The monoisotopic (exact) mass is 312 g/mol. The maximum atomic E-state index is 12.3. The summed E-state index contributed by atoms with van der Waals surface area (Å²) in [5.74, 6) is 0.908. The van der Waals surface area contributed by atoms with Crippen LogP contribution in [0.3, 0.4) is 0 Å². The SMILES string of the molecule is COc1ccc(CCCN(C)C(=O)c2ccc(CN)cc2)cc1. The fourth-order valence-corrected chi connectivity index (χ4v) is 2.42. The van der Waals surface area contributed by atoms with Crippen LogP contribution in [0.5, 0.6) is 5.75 Å². The van der Waals surface area contributed by atoms with Gasteiger partial charge in [0, 0.05) is 25.7 Å². The van der Waals surface area contributed by atoms with E-state index in [2.05, 4.69) is 12.1 Å². The van der Waals surface area contributed by atoms with Gasteiger partial charge in [-0.25, -0.2) is 0 Å². The van der Waals surface area contributed by atoms with Gasteiger partial charge in [-0.15, -0.1) is 0 Å². The molecule has 0 aromatic heterocycles. The lowest BCUT2D eigenvalue weighted by molar-refractivity contribution is 0.0793. The molecule has 1 amide bonds. The van der Waals surface area contributed by atoms with Gasteiger partial charge in [0.2, 0.25) is 0 Å². The minimum absolute atomic E-state index is 0.0447. The van der Waals surface area contributed by atoms with Crippen molar-refractivity contribution in [2.75, 3.05) is 20.7 Å². The topological polar surface area (TPSA) is 55.6 Å². The third-order valence-electron chi connectivity index (χ3n) is 3.90. The highest BCUT2D eigenvalue weighted by Crippen LogP contribution is 2.13. The van der Waals surface area contributed by atoms with Crippen LogP contribution < -0.4 is 10.5 Å². The molecule has 0 fully saturated rings. The van der Waals surface area contributed by atoms with Gasteiger partial charge < -0.3 is 15.4 Å². The quantitative estimate of drug-likeness (QED) is 0.855. The van der Waals surface area contributed by atoms with Crippen LogP contribution >= 0.6 is 0 Å². The van der Waals surface area contributed by atoms with E-state index in [9.17, 15) is 4.79 Å². The van der Waals surface area contributed by atoms with Gasteiger partial charge in [0.15, 0.2) is 0 Å². The Morgan fingerprint density at radius 1 is 1.04 bits per heavy atom. The van der Waals surface area contributed by atoms with Crippen molar-refractivity contribution in [3.63, 3.8) is 0 Å². The summed E-state index contributed by atoms with van der Waals surface area (Å²) in [6.07, 6.45) is 1.86. The molecule has 0 saturated heterocycles. The molecule has 0 aliphatic heterocycles. The molecule has 4 heteroatoms. The van der Waals surface area contributed by atoms with E-state index in [1.165, 1.54) is 5.56 Å². The summed E-state index contributed by atoms with van der Waals surface area (Å²) >= 11 is 0. The number of hydrogen-bond donors (Lipinski definition) is 1. The molecular formula is C19H24N2O2. The van der Waals surface area contributed by atoms with Crippen molar-refractivity contribution in [2.45, 2.75) is 19.4 Å². The number of carbonyl (C=O) groups excluding carboxylic acids is 1. The predicted molar refractivity (Wildman–Crippen MR) is 92.6 cm³/mol. The van der Waals surface area contributed by atoms with E-state index in [4.69, 9.17) is 10.5 Å². The lowest BCUT2D eigenvalue weighted by Crippen LogP contribution is -2.28. The molecule has 2 N–H and O–H groups in total. The van der Waals surface area contributed by atoms with Crippen molar-refractivity contribution in [1.82, 2.24) is 4.90 Å². The lowest BCUT2D eigenvalue weighted by Gasteiger charge is -2.17. The molecule has 2 aromatic carbocycles. The summed E-state index contributed by atoms with van der Waals surface area (Å²) in [4.78, 5) is 14.1. The van der Waals surface area contributed by atoms with Crippen LogP contribution in [0.25, 0.3) is 0 Å². The number of ether oxygens (including phenoxy) is 1. The first-order chi connectivity index (χ1) is 11.1. The van der Waals surface area contributed by atoms with Crippen molar-refractivity contribution in [1.29, 1.82) is 0 Å². The Kier molecular flexibility index (Phi) is 6.18. The third kappa shape index (κ3) is 4.83. The van der Waals surface area contributed by atoms with Gasteiger partial charge in [0.25, 0.3) is 5.91 Å². The number of amides is 1. The number of methoxy groups -OCH3 is 1. The first kappa shape index (κ1) is 17.0. The Labute approximate surface area is 137 Å². The van der Waals surface area contributed by atoms with Gasteiger partial charge in [-0.2, -0.15) is 0 Å². The summed E-state index contributed by atoms with van der Waals surface area (Å²) in [7, 11) is 3.50. The molecule has 122 valence electrons. The minimum Gasteiger partial charge on any atom is -0.497 e. The second kappa shape index (κ2) is 8.34. The Morgan fingerprint density at radius 3 is 2.22 bits per heavy atom. The Balaban J connectivity index is 1.83. The number of aryl methyl sites for hydroxylation is 1. The summed E-state index contributed by atoms with van der Waals surface area (Å²) in [5.41, 5.74) is 8.55. The largest absolute Gasteiger partial charge is 0.497 e. The van der Waals surface area contributed by atoms with Gasteiger partial charge in [0.1, 0.15) is 5.75 Å². The highest BCUT2D eigenvalue weighted by Gasteiger charge is 2.11. The molecule has 23 heavy (non-hydrogen) atoms. The average molecular weight is 312 g/mol. The highest BCUT2D eigenvalue weighted by molar-refractivity contribution is 5.94. The molecule has 2 rings (SSSR count). The van der Waals surface area contributed by atoms with Crippen LogP contribution in [0.15, 0.2) is 48.5 Å². The molecule has 0 bridgehead atoms. The van der Waals surface area contributed by atoms with Gasteiger partial charge >= 0.3 is 0 Å². The minimum atomic E-state index is 0.0447. The fraction of sp³-hybridized carbons (Fsp3) is 0.316. The van der Waals surface area contributed by atoms with E-state index in [1.807, 2.05) is 43.4 Å². The number of rotatable bonds is 7. The van der Waals surface area contributed by atoms with Crippen LogP contribution in [-0.4, -0.2) is 31.5 Å². The maximum Gasteiger partial charge on any atom is 0.253 e. The number of nitrogens with two attached hydrogens (primary N) is 1.